The van der Waals surface area contributed by atoms with Crippen molar-refractivity contribution < 1.29 is 33.3 Å². The number of carboxylic acids is 2. The highest BCUT2D eigenvalue weighted by molar-refractivity contribution is 6.30. The fourth-order valence-electron chi connectivity index (χ4n) is 5.30. The third-order valence-electron chi connectivity index (χ3n) is 7.32. The number of carbonyl (C=O) groups is 2. The van der Waals surface area contributed by atoms with Gasteiger partial charge in [0.2, 0.25) is 0 Å². The van der Waals surface area contributed by atoms with Gasteiger partial charge in [0.05, 0.1) is 0 Å². The van der Waals surface area contributed by atoms with Crippen LogP contribution in [0.1, 0.15) is 48.3 Å². The first-order chi connectivity index (χ1) is 18.6. The van der Waals surface area contributed by atoms with Crippen molar-refractivity contribution in [1.29, 1.82) is 0 Å². The maximum atomic E-state index is 13.5. The van der Waals surface area contributed by atoms with Crippen LogP contribution >= 0.6 is 11.6 Å². The molecule has 9 heteroatoms. The van der Waals surface area contributed by atoms with Crippen LogP contribution in [0.3, 0.4) is 0 Å². The van der Waals surface area contributed by atoms with Crippen LogP contribution in [0.15, 0.2) is 66.7 Å². The number of hydrogen-bond donors (Lipinski definition) is 2. The smallest absolute Gasteiger partial charge is 0.414 e. The Hall–Kier alpha value is -3.49. The number of fused-ring (bicyclic) bond motifs is 1. The Bertz CT molecular complexity index is 1230. The van der Waals surface area contributed by atoms with Crippen LogP contribution in [-0.2, 0) is 16.0 Å². The van der Waals surface area contributed by atoms with Gasteiger partial charge in [0.15, 0.2) is 0 Å². The summed E-state index contributed by atoms with van der Waals surface area (Å²) >= 11 is 6.16. The van der Waals surface area contributed by atoms with E-state index in [0.717, 1.165) is 73.6 Å². The summed E-state index contributed by atoms with van der Waals surface area (Å²) in [4.78, 5) is 20.7. The highest BCUT2D eigenvalue weighted by Gasteiger charge is 2.41. The number of benzene rings is 3. The highest BCUT2D eigenvalue weighted by atomic mass is 35.5. The van der Waals surface area contributed by atoms with E-state index in [4.69, 9.17) is 36.1 Å². The molecule has 206 valence electrons. The van der Waals surface area contributed by atoms with Gasteiger partial charge in [-0.15, -0.1) is 0 Å². The van der Waals surface area contributed by atoms with E-state index in [1.165, 1.54) is 29.8 Å². The second-order valence-corrected chi connectivity index (χ2v) is 10.4. The average Bonchev–Trinajstić information content (AvgIpc) is 3.26. The molecule has 0 bridgehead atoms. The van der Waals surface area contributed by atoms with Crippen molar-refractivity contribution in [2.24, 2.45) is 0 Å². The molecule has 1 fully saturated rings. The van der Waals surface area contributed by atoms with E-state index in [1.54, 1.807) is 0 Å². The van der Waals surface area contributed by atoms with Crippen LogP contribution in [-0.4, -0.2) is 52.3 Å². The molecule has 3 aromatic rings. The molecule has 0 radical (unpaired) electrons. The number of nitrogens with zero attached hydrogens (tertiary/aromatic N) is 1. The predicted molar refractivity (Wildman–Crippen MR) is 143 cm³/mol. The van der Waals surface area contributed by atoms with Crippen LogP contribution < -0.4 is 4.74 Å². The van der Waals surface area contributed by atoms with Crippen molar-refractivity contribution in [3.63, 3.8) is 0 Å². The van der Waals surface area contributed by atoms with Crippen molar-refractivity contribution >= 4 is 23.5 Å². The van der Waals surface area contributed by atoms with Crippen molar-refractivity contribution in [1.82, 2.24) is 4.90 Å². The Morgan fingerprint density at radius 3 is 1.95 bits per heavy atom. The van der Waals surface area contributed by atoms with Crippen LogP contribution in [0, 0.1) is 11.6 Å². The average molecular weight is 558 g/mol. The van der Waals surface area contributed by atoms with E-state index in [-0.39, 0.29) is 23.2 Å². The maximum absolute atomic E-state index is 13.5. The minimum Gasteiger partial charge on any atom is -0.487 e. The molecule has 0 unspecified atom stereocenters. The minimum atomic E-state index is -1.82. The van der Waals surface area contributed by atoms with E-state index in [1.807, 2.05) is 42.5 Å². The Kier molecular flexibility index (Phi) is 9.20. The lowest BCUT2D eigenvalue weighted by Crippen LogP contribution is -2.47. The van der Waals surface area contributed by atoms with Gasteiger partial charge in [0.1, 0.15) is 23.0 Å². The third-order valence-corrected chi connectivity index (χ3v) is 7.56. The number of ether oxygens (including phenoxy) is 1. The molecule has 0 atom stereocenters. The van der Waals surface area contributed by atoms with Crippen molar-refractivity contribution in [2.75, 3.05) is 19.6 Å². The second kappa shape index (κ2) is 12.6. The molecule has 3 aromatic carbocycles. The molecule has 2 N–H and O–H groups in total. The molecular formula is C30H30ClF2NO5. The fourth-order valence-corrected chi connectivity index (χ4v) is 5.49. The van der Waals surface area contributed by atoms with E-state index >= 15 is 0 Å². The Morgan fingerprint density at radius 2 is 1.44 bits per heavy atom. The lowest BCUT2D eigenvalue weighted by Gasteiger charge is -2.38. The molecule has 1 spiro atoms. The van der Waals surface area contributed by atoms with Crippen molar-refractivity contribution in [3.8, 4) is 5.75 Å². The zero-order valence-corrected chi connectivity index (χ0v) is 22.0. The van der Waals surface area contributed by atoms with Gasteiger partial charge < -0.3 is 19.8 Å². The summed E-state index contributed by atoms with van der Waals surface area (Å²) in [5.74, 6) is -3.02. The lowest BCUT2D eigenvalue weighted by molar-refractivity contribution is -0.159. The van der Waals surface area contributed by atoms with Crippen molar-refractivity contribution in [3.05, 3.63) is 100 Å². The predicted octanol–water partition coefficient (Wildman–Crippen LogP) is 6.16. The minimum absolute atomic E-state index is 0.0890. The molecule has 6 nitrogen and oxygen atoms in total. The Morgan fingerprint density at radius 1 is 0.897 bits per heavy atom. The van der Waals surface area contributed by atoms with Crippen molar-refractivity contribution in [2.45, 2.75) is 43.6 Å². The van der Waals surface area contributed by atoms with Crippen LogP contribution in [0.25, 0.3) is 0 Å². The summed E-state index contributed by atoms with van der Waals surface area (Å²) < 4.78 is 33.3. The fraction of sp³-hybridized carbons (Fsp3) is 0.333. The highest BCUT2D eigenvalue weighted by Crippen LogP contribution is 2.42. The molecule has 0 aromatic heterocycles. The van der Waals surface area contributed by atoms with Gasteiger partial charge >= 0.3 is 11.9 Å². The maximum Gasteiger partial charge on any atom is 0.414 e. The van der Waals surface area contributed by atoms with Gasteiger partial charge in [-0.1, -0.05) is 35.9 Å². The van der Waals surface area contributed by atoms with Crippen LogP contribution in [0.2, 0.25) is 5.02 Å². The molecule has 0 saturated carbocycles. The van der Waals surface area contributed by atoms with Crippen LogP contribution in [0.4, 0.5) is 8.78 Å². The molecule has 2 aliphatic heterocycles. The van der Waals surface area contributed by atoms with Gasteiger partial charge in [-0.25, -0.2) is 18.4 Å². The molecule has 2 aliphatic rings. The number of likely N-dealkylation sites (tertiary alicyclic amines) is 1. The zero-order valence-electron chi connectivity index (χ0n) is 21.3. The molecule has 5 rings (SSSR count). The van der Waals surface area contributed by atoms with E-state index in [2.05, 4.69) is 4.90 Å². The summed E-state index contributed by atoms with van der Waals surface area (Å²) in [6.45, 7) is 3.03. The lowest BCUT2D eigenvalue weighted by atomic mass is 9.86. The number of rotatable bonds is 6. The van der Waals surface area contributed by atoms with Gasteiger partial charge in [-0.2, -0.15) is 0 Å². The molecule has 1 saturated heterocycles. The summed E-state index contributed by atoms with van der Waals surface area (Å²) in [6, 6.07) is 19.3. The topological polar surface area (TPSA) is 87.1 Å². The first kappa shape index (κ1) is 28.5. The SMILES string of the molecule is Fc1ccc(C(CCCN2CCC3(CC2)Cc2cc(Cl)ccc2O3)c2ccc(F)cc2)cc1.O=C(O)C(=O)O. The number of carboxylic acid groups (broad SMARTS) is 2. The summed E-state index contributed by atoms with van der Waals surface area (Å²) in [7, 11) is 0. The second-order valence-electron chi connectivity index (χ2n) is 9.96. The van der Waals surface area contributed by atoms with Gasteiger partial charge in [0, 0.05) is 43.3 Å². The molecule has 0 aliphatic carbocycles. The molecular weight excluding hydrogens is 528 g/mol. The number of halogens is 3. The molecule has 0 amide bonds. The molecule has 39 heavy (non-hydrogen) atoms. The summed E-state index contributed by atoms with van der Waals surface area (Å²) in [5.41, 5.74) is 3.26. The van der Waals surface area contributed by atoms with Gasteiger partial charge in [-0.05, 0) is 78.5 Å². The normalized spacial score (nSPS) is 15.8. The Labute approximate surface area is 230 Å². The first-order valence-electron chi connectivity index (χ1n) is 12.8. The monoisotopic (exact) mass is 557 g/mol. The quantitative estimate of drug-likeness (QED) is 0.353. The first-order valence-corrected chi connectivity index (χ1v) is 13.2. The van der Waals surface area contributed by atoms with E-state index in [9.17, 15) is 8.78 Å². The number of aliphatic carboxylic acids is 2. The third kappa shape index (κ3) is 7.55. The van der Waals surface area contributed by atoms with Gasteiger partial charge in [-0.3, -0.25) is 0 Å². The number of piperidine rings is 1. The largest absolute Gasteiger partial charge is 0.487 e. The van der Waals surface area contributed by atoms with E-state index in [0.29, 0.717) is 0 Å². The summed E-state index contributed by atoms with van der Waals surface area (Å²) in [6.07, 6.45) is 4.91. The zero-order chi connectivity index (χ0) is 28.0. The van der Waals surface area contributed by atoms with E-state index < -0.39 is 11.9 Å². The summed E-state index contributed by atoms with van der Waals surface area (Å²) in [5, 5.41) is 15.5. The molecule has 2 heterocycles. The van der Waals surface area contributed by atoms with Crippen LogP contribution in [0.5, 0.6) is 5.75 Å². The standard InChI is InChI=1S/C28H28ClF2NO.C2H2O4/c29-23-7-12-27-22(18-23)19-28(33-27)13-16-32(17-14-28)15-1-2-26(20-3-8-24(30)9-4-20)21-5-10-25(31)11-6-21;3-1(4)2(5)6/h3-12,18,26H,1-2,13-17,19H2;(H,3,4)(H,5,6). The van der Waals surface area contributed by atoms with Gasteiger partial charge in [0.25, 0.3) is 0 Å². The Balaban J connectivity index is 0.000000531. The number of hydrogen-bond acceptors (Lipinski definition) is 4.